The van der Waals surface area contributed by atoms with Crippen molar-refractivity contribution in [1.82, 2.24) is 10.2 Å². The van der Waals surface area contributed by atoms with Crippen LogP contribution in [-0.4, -0.2) is 37.6 Å². The largest absolute Gasteiger partial charge is 0.316 e. The topological polar surface area (TPSA) is 15.3 Å². The quantitative estimate of drug-likeness (QED) is 0.622. The zero-order valence-corrected chi connectivity index (χ0v) is 12.0. The van der Waals surface area contributed by atoms with E-state index >= 15 is 0 Å². The minimum Gasteiger partial charge on any atom is -0.316 e. The van der Waals surface area contributed by atoms with Crippen LogP contribution in [0.5, 0.6) is 0 Å². The third kappa shape index (κ3) is 7.05. The maximum absolute atomic E-state index is 3.65. The standard InChI is InChI=1S/C15H32N2/c1-3-5-6-7-8-11-16-14-15-9-12-17(4-2)13-10-15/h15-16H,3-14H2,1-2H3. The van der Waals surface area contributed by atoms with Crippen molar-refractivity contribution in [1.29, 1.82) is 0 Å². The van der Waals surface area contributed by atoms with Crippen molar-refractivity contribution in [2.75, 3.05) is 32.7 Å². The van der Waals surface area contributed by atoms with E-state index in [0.717, 1.165) is 5.92 Å². The van der Waals surface area contributed by atoms with Crippen molar-refractivity contribution in [2.24, 2.45) is 5.92 Å². The molecule has 0 aromatic heterocycles. The van der Waals surface area contributed by atoms with Gasteiger partial charge in [0.05, 0.1) is 0 Å². The second-order valence-corrected chi connectivity index (χ2v) is 5.50. The van der Waals surface area contributed by atoms with Crippen molar-refractivity contribution in [3.05, 3.63) is 0 Å². The molecule has 1 rings (SSSR count). The van der Waals surface area contributed by atoms with Crippen molar-refractivity contribution < 1.29 is 0 Å². The van der Waals surface area contributed by atoms with Crippen LogP contribution in [-0.2, 0) is 0 Å². The summed E-state index contributed by atoms with van der Waals surface area (Å²) in [6.07, 6.45) is 9.77. The first kappa shape index (κ1) is 15.0. The normalized spacial score (nSPS) is 18.7. The van der Waals surface area contributed by atoms with E-state index in [1.54, 1.807) is 0 Å². The predicted molar refractivity (Wildman–Crippen MR) is 76.5 cm³/mol. The number of piperidine rings is 1. The van der Waals surface area contributed by atoms with E-state index in [4.69, 9.17) is 0 Å². The molecule has 1 N–H and O–H groups in total. The number of unbranched alkanes of at least 4 members (excludes halogenated alkanes) is 4. The summed E-state index contributed by atoms with van der Waals surface area (Å²) in [5.74, 6) is 0.938. The number of hydrogen-bond acceptors (Lipinski definition) is 2. The Morgan fingerprint density at radius 3 is 2.35 bits per heavy atom. The molecule has 0 atom stereocenters. The Bertz CT molecular complexity index is 162. The molecule has 2 nitrogen and oxygen atoms in total. The fourth-order valence-corrected chi connectivity index (χ4v) is 2.67. The molecular weight excluding hydrogens is 208 g/mol. The lowest BCUT2D eigenvalue weighted by Crippen LogP contribution is -2.37. The van der Waals surface area contributed by atoms with Gasteiger partial charge in [-0.25, -0.2) is 0 Å². The van der Waals surface area contributed by atoms with E-state index in [9.17, 15) is 0 Å². The van der Waals surface area contributed by atoms with Crippen LogP contribution in [0.4, 0.5) is 0 Å². The van der Waals surface area contributed by atoms with Gasteiger partial charge in [-0.1, -0.05) is 39.5 Å². The van der Waals surface area contributed by atoms with Crippen LogP contribution in [0.3, 0.4) is 0 Å². The van der Waals surface area contributed by atoms with E-state index in [1.807, 2.05) is 0 Å². The summed E-state index contributed by atoms with van der Waals surface area (Å²) in [4.78, 5) is 2.57. The van der Waals surface area contributed by atoms with Crippen LogP contribution in [0.25, 0.3) is 0 Å². The molecule has 17 heavy (non-hydrogen) atoms. The molecule has 102 valence electrons. The number of rotatable bonds is 9. The molecule has 0 radical (unpaired) electrons. The SMILES string of the molecule is CCCCCCCNCC1CCN(CC)CC1. The molecule has 1 aliphatic rings. The second-order valence-electron chi connectivity index (χ2n) is 5.50. The minimum absolute atomic E-state index is 0.938. The molecule has 1 aliphatic heterocycles. The summed E-state index contributed by atoms with van der Waals surface area (Å²) in [5, 5.41) is 3.65. The Morgan fingerprint density at radius 2 is 1.71 bits per heavy atom. The Balaban J connectivity index is 1.87. The fraction of sp³-hybridized carbons (Fsp3) is 1.00. The highest BCUT2D eigenvalue weighted by molar-refractivity contribution is 4.72. The fourth-order valence-electron chi connectivity index (χ4n) is 2.67. The van der Waals surface area contributed by atoms with E-state index in [1.165, 1.54) is 77.7 Å². The molecule has 1 fully saturated rings. The monoisotopic (exact) mass is 240 g/mol. The van der Waals surface area contributed by atoms with Gasteiger partial charge in [-0.05, 0) is 57.9 Å². The van der Waals surface area contributed by atoms with Crippen LogP contribution in [0.2, 0.25) is 0 Å². The van der Waals surface area contributed by atoms with Crippen LogP contribution < -0.4 is 5.32 Å². The highest BCUT2D eigenvalue weighted by atomic mass is 15.1. The summed E-state index contributed by atoms with van der Waals surface area (Å²) in [6, 6.07) is 0. The average Bonchev–Trinajstić information content (AvgIpc) is 2.38. The van der Waals surface area contributed by atoms with Crippen molar-refractivity contribution in [3.8, 4) is 0 Å². The number of likely N-dealkylation sites (tertiary alicyclic amines) is 1. The van der Waals surface area contributed by atoms with Gasteiger partial charge in [-0.15, -0.1) is 0 Å². The molecule has 1 heterocycles. The van der Waals surface area contributed by atoms with Crippen molar-refractivity contribution in [2.45, 2.75) is 58.8 Å². The lowest BCUT2D eigenvalue weighted by atomic mass is 9.97. The van der Waals surface area contributed by atoms with Gasteiger partial charge in [-0.3, -0.25) is 0 Å². The Labute approximate surface area is 108 Å². The molecule has 0 aliphatic carbocycles. The third-order valence-corrected chi connectivity index (χ3v) is 4.04. The molecular formula is C15H32N2. The third-order valence-electron chi connectivity index (χ3n) is 4.04. The highest BCUT2D eigenvalue weighted by Crippen LogP contribution is 2.15. The Kier molecular flexibility index (Phi) is 8.72. The smallest absolute Gasteiger partial charge is 0.00157 e. The summed E-state index contributed by atoms with van der Waals surface area (Å²) >= 11 is 0. The molecule has 0 amide bonds. The minimum atomic E-state index is 0.938. The first-order valence-electron chi connectivity index (χ1n) is 7.79. The maximum Gasteiger partial charge on any atom is -0.00157 e. The van der Waals surface area contributed by atoms with Gasteiger partial charge in [-0.2, -0.15) is 0 Å². The molecule has 0 unspecified atom stereocenters. The molecule has 0 aromatic carbocycles. The molecule has 0 bridgehead atoms. The number of nitrogens with one attached hydrogen (secondary N) is 1. The van der Waals surface area contributed by atoms with Crippen LogP contribution in [0.15, 0.2) is 0 Å². The molecule has 0 saturated carbocycles. The maximum atomic E-state index is 3.65. The summed E-state index contributed by atoms with van der Waals surface area (Å²) < 4.78 is 0. The zero-order chi connectivity index (χ0) is 12.3. The van der Waals surface area contributed by atoms with Gasteiger partial charge in [0.1, 0.15) is 0 Å². The van der Waals surface area contributed by atoms with Gasteiger partial charge < -0.3 is 10.2 Å². The lowest BCUT2D eigenvalue weighted by Gasteiger charge is -2.31. The Morgan fingerprint density at radius 1 is 1.00 bits per heavy atom. The van der Waals surface area contributed by atoms with E-state index < -0.39 is 0 Å². The summed E-state index contributed by atoms with van der Waals surface area (Å²) in [7, 11) is 0. The first-order valence-corrected chi connectivity index (χ1v) is 7.79. The molecule has 2 heteroatoms. The van der Waals surface area contributed by atoms with Crippen molar-refractivity contribution >= 4 is 0 Å². The van der Waals surface area contributed by atoms with Gasteiger partial charge in [0.15, 0.2) is 0 Å². The van der Waals surface area contributed by atoms with E-state index in [-0.39, 0.29) is 0 Å². The van der Waals surface area contributed by atoms with Gasteiger partial charge in [0.25, 0.3) is 0 Å². The first-order chi connectivity index (χ1) is 8.36. The summed E-state index contributed by atoms with van der Waals surface area (Å²) in [5.41, 5.74) is 0. The highest BCUT2D eigenvalue weighted by Gasteiger charge is 2.17. The van der Waals surface area contributed by atoms with E-state index in [0.29, 0.717) is 0 Å². The molecule has 1 saturated heterocycles. The van der Waals surface area contributed by atoms with Crippen LogP contribution in [0.1, 0.15) is 58.8 Å². The number of hydrogen-bond donors (Lipinski definition) is 1. The van der Waals surface area contributed by atoms with Gasteiger partial charge in [0.2, 0.25) is 0 Å². The average molecular weight is 240 g/mol. The van der Waals surface area contributed by atoms with E-state index in [2.05, 4.69) is 24.1 Å². The zero-order valence-electron chi connectivity index (χ0n) is 12.0. The van der Waals surface area contributed by atoms with Gasteiger partial charge in [0, 0.05) is 0 Å². The lowest BCUT2D eigenvalue weighted by molar-refractivity contribution is 0.190. The molecule has 0 aromatic rings. The van der Waals surface area contributed by atoms with Crippen LogP contribution in [0, 0.1) is 5.92 Å². The summed E-state index contributed by atoms with van der Waals surface area (Å²) in [6.45, 7) is 10.9. The molecule has 0 spiro atoms. The number of nitrogens with zero attached hydrogens (tertiary/aromatic N) is 1. The van der Waals surface area contributed by atoms with Crippen molar-refractivity contribution in [3.63, 3.8) is 0 Å². The Hall–Kier alpha value is -0.0800. The van der Waals surface area contributed by atoms with Gasteiger partial charge >= 0.3 is 0 Å². The second kappa shape index (κ2) is 9.90. The van der Waals surface area contributed by atoms with Crippen LogP contribution >= 0.6 is 0 Å². The predicted octanol–water partition coefficient (Wildman–Crippen LogP) is 3.28.